The van der Waals surface area contributed by atoms with Gasteiger partial charge in [-0.1, -0.05) is 15.9 Å². The summed E-state index contributed by atoms with van der Waals surface area (Å²) in [6, 6.07) is 7.41. The number of carbonyl (C=O) groups is 1. The van der Waals surface area contributed by atoms with Crippen molar-refractivity contribution in [3.8, 4) is 5.75 Å². The molecule has 152 valence electrons. The van der Waals surface area contributed by atoms with Crippen molar-refractivity contribution in [2.45, 2.75) is 6.54 Å². The first-order chi connectivity index (χ1) is 13.3. The van der Waals surface area contributed by atoms with E-state index in [1.165, 1.54) is 7.11 Å². The number of likely N-dealkylation sites (N-methyl/N-ethyl adjacent to an activating group) is 1. The van der Waals surface area contributed by atoms with Crippen LogP contribution < -0.4 is 21.7 Å². The van der Waals surface area contributed by atoms with Crippen LogP contribution in [0.5, 0.6) is 5.75 Å². The van der Waals surface area contributed by atoms with E-state index in [1.807, 2.05) is 24.3 Å². The molecule has 0 spiro atoms. The lowest BCUT2D eigenvalue weighted by molar-refractivity contribution is 0.0936. The van der Waals surface area contributed by atoms with E-state index < -0.39 is 17.0 Å². The van der Waals surface area contributed by atoms with E-state index in [-0.39, 0.29) is 31.1 Å². The van der Waals surface area contributed by atoms with Gasteiger partial charge in [0.15, 0.2) is 5.78 Å². The number of halogens is 1. The fourth-order valence-electron chi connectivity index (χ4n) is 2.52. The molecule has 0 fully saturated rings. The lowest BCUT2D eigenvalue weighted by Crippen LogP contribution is -2.39. The Labute approximate surface area is 170 Å². The van der Waals surface area contributed by atoms with Crippen molar-refractivity contribution in [2.75, 3.05) is 46.2 Å². The average molecular weight is 455 g/mol. The number of nitrogens with zero attached hydrogens (tertiary/aromatic N) is 2. The van der Waals surface area contributed by atoms with Gasteiger partial charge in [-0.2, -0.15) is 0 Å². The van der Waals surface area contributed by atoms with Crippen LogP contribution in [0.4, 0.5) is 5.82 Å². The molecule has 9 nitrogen and oxygen atoms in total. The predicted octanol–water partition coefficient (Wildman–Crippen LogP) is 0.721. The summed E-state index contributed by atoms with van der Waals surface area (Å²) in [6.45, 7) is 1.14. The number of ketones is 1. The van der Waals surface area contributed by atoms with Gasteiger partial charge < -0.3 is 15.2 Å². The maximum absolute atomic E-state index is 12.6. The van der Waals surface area contributed by atoms with Gasteiger partial charge in [0.05, 0.1) is 19.7 Å². The van der Waals surface area contributed by atoms with E-state index in [9.17, 15) is 14.4 Å². The molecule has 28 heavy (non-hydrogen) atoms. The molecular weight excluding hydrogens is 432 g/mol. The first-order valence-corrected chi connectivity index (χ1v) is 9.34. The highest BCUT2D eigenvalue weighted by atomic mass is 79.9. The molecule has 1 heterocycles. The Morgan fingerprint density at radius 1 is 1.25 bits per heavy atom. The predicted molar refractivity (Wildman–Crippen MR) is 109 cm³/mol. The maximum atomic E-state index is 12.6. The molecule has 0 aliphatic rings. The van der Waals surface area contributed by atoms with Crippen LogP contribution in [0.15, 0.2) is 38.3 Å². The largest absolute Gasteiger partial charge is 0.492 e. The van der Waals surface area contributed by atoms with Gasteiger partial charge in [-0.3, -0.25) is 24.0 Å². The summed E-state index contributed by atoms with van der Waals surface area (Å²) >= 11 is 3.35. The Kier molecular flexibility index (Phi) is 7.97. The highest BCUT2D eigenvalue weighted by molar-refractivity contribution is 9.10. The number of aromatic nitrogens is 2. The van der Waals surface area contributed by atoms with Crippen LogP contribution in [0, 0.1) is 0 Å². The van der Waals surface area contributed by atoms with Crippen LogP contribution in [-0.2, 0) is 11.3 Å². The quantitative estimate of drug-likeness (QED) is 0.507. The van der Waals surface area contributed by atoms with Crippen molar-refractivity contribution in [3.63, 3.8) is 0 Å². The lowest BCUT2D eigenvalue weighted by atomic mass is 10.2. The molecule has 0 atom stereocenters. The number of H-pyrrole nitrogens is 1. The summed E-state index contributed by atoms with van der Waals surface area (Å²) in [7, 11) is 3.21. The van der Waals surface area contributed by atoms with Crippen molar-refractivity contribution in [2.24, 2.45) is 0 Å². The van der Waals surface area contributed by atoms with Crippen LogP contribution in [0.2, 0.25) is 0 Å². The van der Waals surface area contributed by atoms with Crippen molar-refractivity contribution in [1.82, 2.24) is 14.5 Å². The molecule has 0 aliphatic carbocycles. The molecule has 0 bridgehead atoms. The van der Waals surface area contributed by atoms with E-state index in [0.717, 1.165) is 9.04 Å². The average Bonchev–Trinajstić information content (AvgIpc) is 2.63. The summed E-state index contributed by atoms with van der Waals surface area (Å²) in [5.74, 6) is 0.0835. The van der Waals surface area contributed by atoms with Gasteiger partial charge in [-0.15, -0.1) is 0 Å². The normalized spacial score (nSPS) is 11.0. The molecule has 2 aromatic rings. The summed E-state index contributed by atoms with van der Waals surface area (Å²) in [6.07, 6.45) is 0. The van der Waals surface area contributed by atoms with E-state index in [4.69, 9.17) is 15.2 Å². The number of carbonyl (C=O) groups excluding carboxylic acids is 1. The van der Waals surface area contributed by atoms with Crippen molar-refractivity contribution < 1.29 is 14.3 Å². The second-order valence-electron chi connectivity index (χ2n) is 6.13. The van der Waals surface area contributed by atoms with Crippen LogP contribution in [0.25, 0.3) is 0 Å². The molecular formula is C18H23BrN4O5. The molecule has 1 aromatic carbocycles. The number of rotatable bonds is 10. The minimum atomic E-state index is -0.791. The van der Waals surface area contributed by atoms with Crippen molar-refractivity contribution in [1.29, 1.82) is 0 Å². The van der Waals surface area contributed by atoms with Crippen LogP contribution >= 0.6 is 15.9 Å². The van der Waals surface area contributed by atoms with Crippen LogP contribution in [-0.4, -0.2) is 60.7 Å². The van der Waals surface area contributed by atoms with Crippen LogP contribution in [0.3, 0.4) is 0 Å². The molecule has 10 heteroatoms. The molecule has 0 radical (unpaired) electrons. The number of anilines is 1. The molecule has 0 amide bonds. The number of hydrogen-bond acceptors (Lipinski definition) is 7. The Balaban J connectivity index is 2.00. The highest BCUT2D eigenvalue weighted by Crippen LogP contribution is 2.16. The number of aromatic amines is 1. The zero-order chi connectivity index (χ0) is 20.7. The Hall–Kier alpha value is -2.43. The number of hydrogen-bond donors (Lipinski definition) is 2. The number of ether oxygens (including phenoxy) is 2. The number of methoxy groups -OCH3 is 1. The molecule has 2 rings (SSSR count). The Bertz CT molecular complexity index is 923. The van der Waals surface area contributed by atoms with Gasteiger partial charge in [-0.05, 0) is 31.3 Å². The smallest absolute Gasteiger partial charge is 0.330 e. The summed E-state index contributed by atoms with van der Waals surface area (Å²) in [5, 5.41) is 0. The van der Waals surface area contributed by atoms with E-state index in [2.05, 4.69) is 20.9 Å². The number of nitrogens with one attached hydrogen (secondary N) is 1. The van der Waals surface area contributed by atoms with Gasteiger partial charge in [0.25, 0.3) is 5.56 Å². The molecule has 0 saturated heterocycles. The molecule has 0 aliphatic heterocycles. The van der Waals surface area contributed by atoms with E-state index >= 15 is 0 Å². The van der Waals surface area contributed by atoms with Gasteiger partial charge in [-0.25, -0.2) is 4.79 Å². The van der Waals surface area contributed by atoms with E-state index in [0.29, 0.717) is 18.9 Å². The fraction of sp³-hybridized carbons (Fsp3) is 0.389. The minimum absolute atomic E-state index is 0.0422. The van der Waals surface area contributed by atoms with Crippen molar-refractivity contribution >= 4 is 27.5 Å². The molecule has 1 aromatic heterocycles. The first kappa shape index (κ1) is 21.9. The van der Waals surface area contributed by atoms with Gasteiger partial charge in [0, 0.05) is 18.1 Å². The third kappa shape index (κ3) is 5.78. The topological polar surface area (TPSA) is 120 Å². The second kappa shape index (κ2) is 10.2. The van der Waals surface area contributed by atoms with Gasteiger partial charge in [0.2, 0.25) is 0 Å². The monoisotopic (exact) mass is 454 g/mol. The fourth-order valence-corrected chi connectivity index (χ4v) is 2.78. The Morgan fingerprint density at radius 2 is 1.93 bits per heavy atom. The van der Waals surface area contributed by atoms with Crippen molar-refractivity contribution in [3.05, 3.63) is 55.1 Å². The summed E-state index contributed by atoms with van der Waals surface area (Å²) in [5.41, 5.74) is 4.22. The number of nitrogens with two attached hydrogens (primary N) is 1. The zero-order valence-electron chi connectivity index (χ0n) is 15.7. The number of nitrogen functional groups attached to an aromatic ring is 1. The standard InChI is InChI=1S/C18H23BrN4O5/c1-22(7-10-28-13-5-3-12(19)4-6-13)11-14(24)15-16(20)23(8-9-27-2)18(26)21-17(15)25/h3-6H,7-11,20H2,1-2H3,(H,21,25,26). The number of Topliss-reactive ketones (excluding diaryl/α,β-unsaturated/α-hetero) is 1. The number of benzene rings is 1. The third-order valence-electron chi connectivity index (χ3n) is 4.01. The molecule has 0 unspecified atom stereocenters. The zero-order valence-corrected chi connectivity index (χ0v) is 17.3. The lowest BCUT2D eigenvalue weighted by Gasteiger charge is -2.17. The molecule has 0 saturated carbocycles. The second-order valence-corrected chi connectivity index (χ2v) is 7.04. The first-order valence-electron chi connectivity index (χ1n) is 8.55. The maximum Gasteiger partial charge on any atom is 0.330 e. The highest BCUT2D eigenvalue weighted by Gasteiger charge is 2.20. The van der Waals surface area contributed by atoms with E-state index in [1.54, 1.807) is 11.9 Å². The SMILES string of the molecule is COCCn1c(N)c(C(=O)CN(C)CCOc2ccc(Br)cc2)c(=O)[nH]c1=O. The summed E-state index contributed by atoms with van der Waals surface area (Å²) in [4.78, 5) is 40.4. The van der Waals surface area contributed by atoms with Gasteiger partial charge in [0.1, 0.15) is 23.7 Å². The van der Waals surface area contributed by atoms with Crippen LogP contribution in [0.1, 0.15) is 10.4 Å². The van der Waals surface area contributed by atoms with Gasteiger partial charge >= 0.3 is 5.69 Å². The Morgan fingerprint density at radius 3 is 2.57 bits per heavy atom. The third-order valence-corrected chi connectivity index (χ3v) is 4.54. The molecule has 3 N–H and O–H groups in total. The minimum Gasteiger partial charge on any atom is -0.492 e. The summed E-state index contributed by atoms with van der Waals surface area (Å²) < 4.78 is 12.6.